The van der Waals surface area contributed by atoms with E-state index in [1.54, 1.807) is 18.9 Å². The van der Waals surface area contributed by atoms with Crippen LogP contribution in [0.5, 0.6) is 5.75 Å². The fourth-order valence-corrected chi connectivity index (χ4v) is 3.48. The van der Waals surface area contributed by atoms with Crippen LogP contribution in [0, 0.1) is 0 Å². The summed E-state index contributed by atoms with van der Waals surface area (Å²) in [4.78, 5) is 13.9. The molecule has 110 valence electrons. The number of methoxy groups -OCH3 is 1. The summed E-state index contributed by atoms with van der Waals surface area (Å²) in [6.45, 7) is 4.04. The van der Waals surface area contributed by atoms with E-state index in [9.17, 15) is 4.79 Å². The van der Waals surface area contributed by atoms with Crippen LogP contribution in [0.3, 0.4) is 0 Å². The molecule has 1 aromatic carbocycles. The van der Waals surface area contributed by atoms with Crippen LogP contribution >= 0.6 is 11.8 Å². The van der Waals surface area contributed by atoms with E-state index >= 15 is 0 Å². The second-order valence-electron chi connectivity index (χ2n) is 4.60. The summed E-state index contributed by atoms with van der Waals surface area (Å²) < 4.78 is 10.6. The van der Waals surface area contributed by atoms with Gasteiger partial charge in [-0.05, 0) is 31.0 Å². The fourth-order valence-electron chi connectivity index (χ4n) is 2.28. The zero-order valence-electron chi connectivity index (χ0n) is 12.0. The predicted molar refractivity (Wildman–Crippen MR) is 81.0 cm³/mol. The molecule has 1 aliphatic rings. The lowest BCUT2D eigenvalue weighted by Crippen LogP contribution is -2.29. The Kier molecular flexibility index (Phi) is 5.73. The van der Waals surface area contributed by atoms with Gasteiger partial charge in [-0.2, -0.15) is 0 Å². The lowest BCUT2D eigenvalue weighted by atomic mass is 10.2. The third kappa shape index (κ3) is 3.67. The van der Waals surface area contributed by atoms with E-state index in [0.29, 0.717) is 19.0 Å². The summed E-state index contributed by atoms with van der Waals surface area (Å²) in [6, 6.07) is 8.02. The first-order chi connectivity index (χ1) is 9.76. The lowest BCUT2D eigenvalue weighted by Gasteiger charge is -2.24. The van der Waals surface area contributed by atoms with Crippen LogP contribution in [0.2, 0.25) is 0 Å². The molecule has 0 spiro atoms. The number of ether oxygens (including phenoxy) is 2. The van der Waals surface area contributed by atoms with E-state index in [1.807, 2.05) is 30.0 Å². The van der Waals surface area contributed by atoms with Gasteiger partial charge >= 0.3 is 0 Å². The van der Waals surface area contributed by atoms with Gasteiger partial charge in [-0.1, -0.05) is 12.1 Å². The maximum atomic E-state index is 12.0. The van der Waals surface area contributed by atoms with Gasteiger partial charge in [0.05, 0.1) is 12.4 Å². The van der Waals surface area contributed by atoms with Gasteiger partial charge in [-0.15, -0.1) is 11.8 Å². The molecule has 1 heterocycles. The number of thioether (sulfide) groups is 1. The van der Waals surface area contributed by atoms with Crippen molar-refractivity contribution in [1.29, 1.82) is 0 Å². The van der Waals surface area contributed by atoms with Crippen molar-refractivity contribution in [2.24, 2.45) is 0 Å². The molecular weight excluding hydrogens is 274 g/mol. The van der Waals surface area contributed by atoms with Crippen molar-refractivity contribution in [2.75, 3.05) is 32.6 Å². The van der Waals surface area contributed by atoms with Crippen LogP contribution in [-0.4, -0.2) is 43.4 Å². The average molecular weight is 295 g/mol. The molecular formula is C15H21NO3S. The summed E-state index contributed by atoms with van der Waals surface area (Å²) in [5.41, 5.74) is 1.13. The maximum absolute atomic E-state index is 12.0. The molecule has 0 bridgehead atoms. The molecule has 0 aromatic heterocycles. The van der Waals surface area contributed by atoms with E-state index in [2.05, 4.69) is 6.07 Å². The van der Waals surface area contributed by atoms with E-state index in [-0.39, 0.29) is 11.3 Å². The van der Waals surface area contributed by atoms with Gasteiger partial charge in [0.1, 0.15) is 11.1 Å². The Morgan fingerprint density at radius 2 is 2.30 bits per heavy atom. The van der Waals surface area contributed by atoms with Crippen LogP contribution < -0.4 is 4.74 Å². The largest absolute Gasteiger partial charge is 0.494 e. The third-order valence-electron chi connectivity index (χ3n) is 3.17. The Hall–Kier alpha value is -1.20. The molecule has 5 heteroatoms. The van der Waals surface area contributed by atoms with Gasteiger partial charge in [0, 0.05) is 20.3 Å². The van der Waals surface area contributed by atoms with Gasteiger partial charge in [-0.25, -0.2) is 0 Å². The molecule has 1 saturated heterocycles. The Labute approximate surface area is 124 Å². The van der Waals surface area contributed by atoms with Crippen molar-refractivity contribution in [3.63, 3.8) is 0 Å². The van der Waals surface area contributed by atoms with Gasteiger partial charge in [0.2, 0.25) is 5.91 Å². The minimum absolute atomic E-state index is 0.0970. The number of rotatable bonds is 7. The van der Waals surface area contributed by atoms with Crippen LogP contribution in [0.4, 0.5) is 0 Å². The second-order valence-corrected chi connectivity index (χ2v) is 5.67. The van der Waals surface area contributed by atoms with E-state index in [4.69, 9.17) is 9.47 Å². The first-order valence-corrected chi connectivity index (χ1v) is 7.94. The highest BCUT2D eigenvalue weighted by Crippen LogP contribution is 2.39. The summed E-state index contributed by atoms with van der Waals surface area (Å²) in [5.74, 6) is 1.62. The summed E-state index contributed by atoms with van der Waals surface area (Å²) in [5, 5.41) is 0.0970. The zero-order valence-corrected chi connectivity index (χ0v) is 12.8. The lowest BCUT2D eigenvalue weighted by molar-refractivity contribution is -0.128. The number of carbonyl (C=O) groups is 1. The van der Waals surface area contributed by atoms with Gasteiger partial charge in [-0.3, -0.25) is 4.79 Å². The van der Waals surface area contributed by atoms with Gasteiger partial charge < -0.3 is 14.4 Å². The van der Waals surface area contributed by atoms with Crippen LogP contribution in [0.1, 0.15) is 24.3 Å². The number of amides is 1. The molecule has 0 saturated carbocycles. The number of hydrogen-bond donors (Lipinski definition) is 0. The first kappa shape index (κ1) is 15.2. The monoisotopic (exact) mass is 295 g/mol. The maximum Gasteiger partial charge on any atom is 0.233 e. The van der Waals surface area contributed by atoms with Crippen molar-refractivity contribution < 1.29 is 14.3 Å². The fraction of sp³-hybridized carbons (Fsp3) is 0.533. The van der Waals surface area contributed by atoms with Crippen molar-refractivity contribution in [3.8, 4) is 5.75 Å². The summed E-state index contributed by atoms with van der Waals surface area (Å²) in [7, 11) is 1.68. The molecule has 2 rings (SSSR count). The van der Waals surface area contributed by atoms with Gasteiger partial charge in [0.25, 0.3) is 0 Å². The van der Waals surface area contributed by atoms with Crippen molar-refractivity contribution >= 4 is 17.7 Å². The zero-order chi connectivity index (χ0) is 14.4. The Bertz CT molecular complexity index is 452. The topological polar surface area (TPSA) is 38.8 Å². The van der Waals surface area contributed by atoms with Crippen molar-refractivity contribution in [2.45, 2.75) is 18.7 Å². The highest BCUT2D eigenvalue weighted by Gasteiger charge is 2.32. The molecule has 0 radical (unpaired) electrons. The second kappa shape index (κ2) is 7.55. The number of hydrogen-bond acceptors (Lipinski definition) is 4. The molecule has 1 fully saturated rings. The van der Waals surface area contributed by atoms with E-state index in [1.165, 1.54) is 0 Å². The predicted octanol–water partition coefficient (Wildman–Crippen LogP) is 2.70. The van der Waals surface area contributed by atoms with Crippen LogP contribution in [0.15, 0.2) is 24.3 Å². The smallest absolute Gasteiger partial charge is 0.233 e. The molecule has 0 aliphatic carbocycles. The van der Waals surface area contributed by atoms with Crippen LogP contribution in [0.25, 0.3) is 0 Å². The summed E-state index contributed by atoms with van der Waals surface area (Å²) >= 11 is 1.68. The SMILES string of the molecule is CCOc1cccc(C2SCC(=O)N2CCCOC)c1. The normalized spacial score (nSPS) is 18.6. The van der Waals surface area contributed by atoms with Crippen molar-refractivity contribution in [3.05, 3.63) is 29.8 Å². The minimum atomic E-state index is 0.0970. The van der Waals surface area contributed by atoms with E-state index in [0.717, 1.165) is 24.3 Å². The molecule has 1 atom stereocenters. The van der Waals surface area contributed by atoms with E-state index < -0.39 is 0 Å². The molecule has 1 aliphatic heterocycles. The Morgan fingerprint density at radius 1 is 1.45 bits per heavy atom. The Balaban J connectivity index is 2.09. The average Bonchev–Trinajstić information content (AvgIpc) is 2.81. The molecule has 1 aromatic rings. The number of carbonyl (C=O) groups excluding carboxylic acids is 1. The summed E-state index contributed by atoms with van der Waals surface area (Å²) in [6.07, 6.45) is 0.866. The minimum Gasteiger partial charge on any atom is -0.494 e. The number of benzene rings is 1. The molecule has 0 N–H and O–H groups in total. The quantitative estimate of drug-likeness (QED) is 0.725. The molecule has 1 amide bonds. The number of nitrogens with zero attached hydrogens (tertiary/aromatic N) is 1. The van der Waals surface area contributed by atoms with Crippen molar-refractivity contribution in [1.82, 2.24) is 4.90 Å². The Morgan fingerprint density at radius 3 is 3.05 bits per heavy atom. The van der Waals surface area contributed by atoms with Crippen LogP contribution in [-0.2, 0) is 9.53 Å². The van der Waals surface area contributed by atoms with Gasteiger partial charge in [0.15, 0.2) is 0 Å². The highest BCUT2D eigenvalue weighted by atomic mass is 32.2. The molecule has 4 nitrogen and oxygen atoms in total. The highest BCUT2D eigenvalue weighted by molar-refractivity contribution is 8.00. The standard InChI is InChI=1S/C15H21NO3S/c1-3-19-13-7-4-6-12(10-13)15-16(8-5-9-18-2)14(17)11-20-15/h4,6-7,10,15H,3,5,8-9,11H2,1-2H3. The third-order valence-corrected chi connectivity index (χ3v) is 4.43. The first-order valence-electron chi connectivity index (χ1n) is 6.89. The molecule has 20 heavy (non-hydrogen) atoms. The molecule has 1 unspecified atom stereocenters.